The van der Waals surface area contributed by atoms with Crippen molar-refractivity contribution in [3.63, 3.8) is 0 Å². The molecular formula is C8H6ClF2NO2. The average molecular weight is 222 g/mol. The van der Waals surface area contributed by atoms with Gasteiger partial charge >= 0.3 is 0 Å². The van der Waals surface area contributed by atoms with Gasteiger partial charge in [-0.15, -0.1) is 0 Å². The Hall–Kier alpha value is -1.23. The molecule has 3 nitrogen and oxygen atoms in total. The summed E-state index contributed by atoms with van der Waals surface area (Å²) in [5.41, 5.74) is -0.600. The minimum atomic E-state index is -2.80. The maximum atomic E-state index is 12.3. The lowest BCUT2D eigenvalue weighted by atomic mass is 10.1. The largest absolute Gasteiger partial charge is 0.270 e. The first-order chi connectivity index (χ1) is 6.43. The number of nitro groups is 1. The molecule has 0 amide bonds. The van der Waals surface area contributed by atoms with Crippen LogP contribution in [-0.2, 0) is 0 Å². The second-order valence-corrected chi connectivity index (χ2v) is 3.10. The molecule has 0 saturated heterocycles. The molecule has 6 heteroatoms. The maximum absolute atomic E-state index is 12.3. The quantitative estimate of drug-likeness (QED) is 0.567. The second-order valence-electron chi connectivity index (χ2n) is 2.72. The Bertz CT molecular complexity index is 382. The van der Waals surface area contributed by atoms with Crippen molar-refractivity contribution in [3.8, 4) is 0 Å². The Kier molecular flexibility index (Phi) is 3.00. The minimum Gasteiger partial charge on any atom is -0.258 e. The minimum absolute atomic E-state index is 0.120. The molecule has 0 aliphatic carbocycles. The van der Waals surface area contributed by atoms with Crippen molar-refractivity contribution in [2.45, 2.75) is 13.3 Å². The molecule has 0 radical (unpaired) electrons. The highest BCUT2D eigenvalue weighted by Crippen LogP contribution is 2.33. The van der Waals surface area contributed by atoms with Crippen LogP contribution in [0.2, 0.25) is 5.02 Å². The van der Waals surface area contributed by atoms with E-state index in [1.165, 1.54) is 6.92 Å². The molecule has 0 atom stereocenters. The number of rotatable bonds is 2. The summed E-state index contributed by atoms with van der Waals surface area (Å²) < 4.78 is 24.7. The van der Waals surface area contributed by atoms with Gasteiger partial charge in [-0.05, 0) is 12.5 Å². The number of nitrogens with zero attached hydrogens (tertiary/aromatic N) is 1. The monoisotopic (exact) mass is 221 g/mol. The Morgan fingerprint density at radius 2 is 2.07 bits per heavy atom. The van der Waals surface area contributed by atoms with Crippen LogP contribution >= 0.6 is 11.6 Å². The van der Waals surface area contributed by atoms with Crippen molar-refractivity contribution in [3.05, 3.63) is 38.4 Å². The number of benzene rings is 1. The first kappa shape index (κ1) is 10.8. The van der Waals surface area contributed by atoms with Gasteiger partial charge in [0.25, 0.3) is 12.1 Å². The van der Waals surface area contributed by atoms with E-state index in [1.807, 2.05) is 0 Å². The molecule has 1 aromatic rings. The van der Waals surface area contributed by atoms with Gasteiger partial charge in [-0.1, -0.05) is 11.6 Å². The Balaban J connectivity index is 3.35. The summed E-state index contributed by atoms with van der Waals surface area (Å²) in [6.45, 7) is 1.45. The lowest BCUT2D eigenvalue weighted by Gasteiger charge is -2.05. The first-order valence-corrected chi connectivity index (χ1v) is 4.04. The fraction of sp³-hybridized carbons (Fsp3) is 0.250. The number of aryl methyl sites for hydroxylation is 1. The molecule has 0 aliphatic heterocycles. The van der Waals surface area contributed by atoms with E-state index in [4.69, 9.17) is 11.6 Å². The molecule has 0 fully saturated rings. The fourth-order valence-electron chi connectivity index (χ4n) is 1.04. The van der Waals surface area contributed by atoms with E-state index in [2.05, 4.69) is 0 Å². The van der Waals surface area contributed by atoms with Crippen LogP contribution in [0.15, 0.2) is 12.1 Å². The molecule has 1 aromatic carbocycles. The van der Waals surface area contributed by atoms with Crippen molar-refractivity contribution in [1.82, 2.24) is 0 Å². The van der Waals surface area contributed by atoms with Crippen LogP contribution in [0, 0.1) is 17.0 Å². The van der Waals surface area contributed by atoms with Crippen LogP contribution in [0.1, 0.15) is 17.6 Å². The molecular weight excluding hydrogens is 216 g/mol. The van der Waals surface area contributed by atoms with Crippen molar-refractivity contribution in [1.29, 1.82) is 0 Å². The summed E-state index contributed by atoms with van der Waals surface area (Å²) in [5.74, 6) is 0. The molecule has 14 heavy (non-hydrogen) atoms. The zero-order chi connectivity index (χ0) is 10.9. The summed E-state index contributed by atoms with van der Waals surface area (Å²) in [6.07, 6.45) is -2.80. The number of hydrogen-bond acceptors (Lipinski definition) is 2. The van der Waals surface area contributed by atoms with Crippen molar-refractivity contribution >= 4 is 17.3 Å². The summed E-state index contributed by atoms with van der Waals surface area (Å²) in [7, 11) is 0. The van der Waals surface area contributed by atoms with E-state index in [-0.39, 0.29) is 16.3 Å². The average Bonchev–Trinajstić information content (AvgIpc) is 2.08. The van der Waals surface area contributed by atoms with E-state index < -0.39 is 16.9 Å². The molecule has 0 heterocycles. The van der Waals surface area contributed by atoms with Gasteiger partial charge in [-0.2, -0.15) is 0 Å². The fourth-order valence-corrected chi connectivity index (χ4v) is 1.23. The van der Waals surface area contributed by atoms with Gasteiger partial charge in [0.1, 0.15) is 0 Å². The van der Waals surface area contributed by atoms with Gasteiger partial charge in [0.05, 0.1) is 9.95 Å². The Morgan fingerprint density at radius 3 is 2.50 bits per heavy atom. The van der Waals surface area contributed by atoms with Gasteiger partial charge in [0.2, 0.25) is 0 Å². The van der Waals surface area contributed by atoms with Crippen LogP contribution in [0.4, 0.5) is 14.5 Å². The van der Waals surface area contributed by atoms with Gasteiger partial charge < -0.3 is 0 Å². The van der Waals surface area contributed by atoms with E-state index in [9.17, 15) is 18.9 Å². The molecule has 1 rings (SSSR count). The van der Waals surface area contributed by atoms with E-state index in [1.54, 1.807) is 0 Å². The van der Waals surface area contributed by atoms with E-state index >= 15 is 0 Å². The third kappa shape index (κ3) is 1.98. The first-order valence-electron chi connectivity index (χ1n) is 3.66. The topological polar surface area (TPSA) is 43.1 Å². The smallest absolute Gasteiger partial charge is 0.258 e. The third-order valence-electron chi connectivity index (χ3n) is 1.71. The van der Waals surface area contributed by atoms with Crippen molar-refractivity contribution in [2.24, 2.45) is 0 Å². The van der Waals surface area contributed by atoms with Crippen LogP contribution in [-0.4, -0.2) is 4.92 Å². The summed E-state index contributed by atoms with van der Waals surface area (Å²) in [6, 6.07) is 1.95. The van der Waals surface area contributed by atoms with Crippen LogP contribution in [0.3, 0.4) is 0 Å². The number of non-ortho nitro benzene ring substituents is 1. The van der Waals surface area contributed by atoms with E-state index in [0.29, 0.717) is 0 Å². The summed E-state index contributed by atoms with van der Waals surface area (Å²) >= 11 is 5.56. The molecule has 0 bridgehead atoms. The summed E-state index contributed by atoms with van der Waals surface area (Å²) in [4.78, 5) is 9.63. The van der Waals surface area contributed by atoms with Gasteiger partial charge in [0, 0.05) is 17.7 Å². The Labute approximate surface area is 83.4 Å². The van der Waals surface area contributed by atoms with Crippen molar-refractivity contribution in [2.75, 3.05) is 0 Å². The predicted molar refractivity (Wildman–Crippen MR) is 47.8 cm³/mol. The highest BCUT2D eigenvalue weighted by molar-refractivity contribution is 6.32. The van der Waals surface area contributed by atoms with Gasteiger partial charge in [0.15, 0.2) is 0 Å². The normalized spacial score (nSPS) is 10.6. The molecule has 76 valence electrons. The van der Waals surface area contributed by atoms with E-state index in [0.717, 1.165) is 12.1 Å². The van der Waals surface area contributed by atoms with Crippen molar-refractivity contribution < 1.29 is 13.7 Å². The van der Waals surface area contributed by atoms with Crippen LogP contribution < -0.4 is 0 Å². The number of hydrogen-bond donors (Lipinski definition) is 0. The zero-order valence-electron chi connectivity index (χ0n) is 7.13. The molecule has 0 saturated carbocycles. The molecule has 0 spiro atoms. The molecule has 0 aromatic heterocycles. The Morgan fingerprint density at radius 1 is 1.50 bits per heavy atom. The molecule has 0 N–H and O–H groups in total. The van der Waals surface area contributed by atoms with Crippen LogP contribution in [0.5, 0.6) is 0 Å². The maximum Gasteiger partial charge on any atom is 0.270 e. The highest BCUT2D eigenvalue weighted by Gasteiger charge is 2.19. The number of halogens is 3. The van der Waals surface area contributed by atoms with Gasteiger partial charge in [-0.25, -0.2) is 8.78 Å². The SMILES string of the molecule is Cc1cc([N+](=O)[O-])cc(C(F)F)c1Cl. The van der Waals surface area contributed by atoms with Gasteiger partial charge in [-0.3, -0.25) is 10.1 Å². The lowest BCUT2D eigenvalue weighted by molar-refractivity contribution is -0.385. The number of alkyl halides is 2. The third-order valence-corrected chi connectivity index (χ3v) is 2.23. The lowest BCUT2D eigenvalue weighted by Crippen LogP contribution is -1.94. The highest BCUT2D eigenvalue weighted by atomic mass is 35.5. The molecule has 0 unspecified atom stereocenters. The van der Waals surface area contributed by atoms with Crippen LogP contribution in [0.25, 0.3) is 0 Å². The predicted octanol–water partition coefficient (Wildman–Crippen LogP) is 3.49. The standard InChI is InChI=1S/C8H6ClF2NO2/c1-4-2-5(12(13)14)3-6(7(4)9)8(10)11/h2-3,8H,1H3. The zero-order valence-corrected chi connectivity index (χ0v) is 7.89. The second kappa shape index (κ2) is 3.88. The summed E-state index contributed by atoms with van der Waals surface area (Å²) in [5, 5.41) is 10.2. The number of nitro benzene ring substituents is 1. The molecule has 0 aliphatic rings.